The zero-order chi connectivity index (χ0) is 25.2. The third kappa shape index (κ3) is 5.88. The smallest absolute Gasteiger partial charge is 0.350 e. The van der Waals surface area contributed by atoms with Crippen molar-refractivity contribution in [2.45, 2.75) is 31.6 Å². The number of benzene rings is 2. The zero-order valence-electron chi connectivity index (χ0n) is 18.0. The van der Waals surface area contributed by atoms with Gasteiger partial charge in [0.15, 0.2) is 5.13 Å². The molecule has 35 heavy (non-hydrogen) atoms. The number of rotatable bonds is 6. The van der Waals surface area contributed by atoms with Gasteiger partial charge in [0.05, 0.1) is 21.3 Å². The summed E-state index contributed by atoms with van der Waals surface area (Å²) in [4.78, 5) is 31.6. The summed E-state index contributed by atoms with van der Waals surface area (Å²) in [6.45, 7) is 0.299. The summed E-state index contributed by atoms with van der Waals surface area (Å²) in [5.74, 6) is -0.823. The Morgan fingerprint density at radius 1 is 1.17 bits per heavy atom. The summed E-state index contributed by atoms with van der Waals surface area (Å²) in [6, 6.07) is 9.13. The van der Waals surface area contributed by atoms with Gasteiger partial charge in [-0.1, -0.05) is 41.4 Å². The van der Waals surface area contributed by atoms with E-state index in [9.17, 15) is 22.8 Å². The average Bonchev–Trinajstić information content (AvgIpc) is 3.50. The number of nitrogens with zero attached hydrogens (tertiary/aromatic N) is 2. The Balaban J connectivity index is 1.40. The Morgan fingerprint density at radius 2 is 1.94 bits per heavy atom. The summed E-state index contributed by atoms with van der Waals surface area (Å²) in [7, 11) is 0. The van der Waals surface area contributed by atoms with Crippen molar-refractivity contribution in [3.63, 3.8) is 0 Å². The minimum atomic E-state index is -4.46. The minimum Gasteiger partial charge on any atom is -0.350 e. The summed E-state index contributed by atoms with van der Waals surface area (Å²) in [6.07, 6.45) is -3.39. The number of anilines is 2. The number of thiazole rings is 1. The van der Waals surface area contributed by atoms with E-state index >= 15 is 0 Å². The molecule has 184 valence electrons. The van der Waals surface area contributed by atoms with Gasteiger partial charge in [0.25, 0.3) is 5.91 Å². The Bertz CT molecular complexity index is 1250. The number of aromatic nitrogens is 1. The lowest BCUT2D eigenvalue weighted by Gasteiger charge is -2.23. The number of hydrogen-bond donors (Lipinski definition) is 2. The number of carbonyl (C=O) groups excluding carboxylic acids is 2. The quantitative estimate of drug-likeness (QED) is 0.392. The molecular weight excluding hydrogens is 524 g/mol. The Hall–Kier alpha value is -2.82. The lowest BCUT2D eigenvalue weighted by Crippen LogP contribution is -2.45. The van der Waals surface area contributed by atoms with Crippen molar-refractivity contribution in [1.29, 1.82) is 0 Å². The van der Waals surface area contributed by atoms with Crippen molar-refractivity contribution in [2.75, 3.05) is 11.9 Å². The van der Waals surface area contributed by atoms with Crippen molar-refractivity contribution in [3.8, 4) is 0 Å². The van der Waals surface area contributed by atoms with Crippen LogP contribution < -0.4 is 10.6 Å². The van der Waals surface area contributed by atoms with Crippen LogP contribution in [0.5, 0.6) is 0 Å². The maximum absolute atomic E-state index is 13.1. The number of nitrogens with one attached hydrogen (secondary N) is 2. The highest BCUT2D eigenvalue weighted by atomic mass is 35.5. The number of carbonyl (C=O) groups is 2. The average molecular weight is 543 g/mol. The molecule has 0 unspecified atom stereocenters. The highest BCUT2D eigenvalue weighted by molar-refractivity contribution is 7.14. The van der Waals surface area contributed by atoms with Crippen LogP contribution in [0.15, 0.2) is 47.8 Å². The Labute approximate surface area is 213 Å². The molecular formula is C23H19Cl2F3N4O2S. The van der Waals surface area contributed by atoms with Gasteiger partial charge in [-0.3, -0.25) is 9.59 Å². The van der Waals surface area contributed by atoms with E-state index in [0.29, 0.717) is 45.8 Å². The van der Waals surface area contributed by atoms with E-state index in [1.807, 2.05) is 0 Å². The van der Waals surface area contributed by atoms with Crippen molar-refractivity contribution >= 4 is 57.2 Å². The molecule has 3 aromatic rings. The molecule has 0 bridgehead atoms. The second-order valence-corrected chi connectivity index (χ2v) is 9.48. The van der Waals surface area contributed by atoms with E-state index in [1.165, 1.54) is 28.4 Å². The number of alkyl halides is 3. The number of likely N-dealkylation sites (tertiary alicyclic amines) is 1. The maximum Gasteiger partial charge on any atom is 0.416 e. The van der Waals surface area contributed by atoms with Crippen LogP contribution in [-0.2, 0) is 17.5 Å². The molecule has 4 rings (SSSR count). The monoisotopic (exact) mass is 542 g/mol. The van der Waals surface area contributed by atoms with E-state index in [1.54, 1.807) is 23.6 Å². The Kier molecular flexibility index (Phi) is 7.53. The largest absolute Gasteiger partial charge is 0.416 e. The van der Waals surface area contributed by atoms with E-state index in [-0.39, 0.29) is 12.2 Å². The van der Waals surface area contributed by atoms with Crippen LogP contribution in [-0.4, -0.2) is 34.3 Å². The molecule has 6 nitrogen and oxygen atoms in total. The molecule has 2 aromatic carbocycles. The molecule has 2 N–H and O–H groups in total. The number of hydrogen-bond acceptors (Lipinski definition) is 5. The normalized spacial score (nSPS) is 15.8. The molecule has 2 amide bonds. The molecule has 1 aliphatic heterocycles. The molecule has 1 aliphatic rings. The zero-order valence-corrected chi connectivity index (χ0v) is 20.4. The SMILES string of the molecule is O=C(NCc1cccc(C(F)(F)F)c1)[C@@H]1CCCN1C(=O)c1csc(Nc2cccc(Cl)c2Cl)n1. The number of halogens is 5. The molecule has 0 aliphatic carbocycles. The fraction of sp³-hybridized carbons (Fsp3) is 0.261. The summed E-state index contributed by atoms with van der Waals surface area (Å²) >= 11 is 13.4. The topological polar surface area (TPSA) is 74.3 Å². The summed E-state index contributed by atoms with van der Waals surface area (Å²) < 4.78 is 38.8. The van der Waals surface area contributed by atoms with Gasteiger partial charge in [-0.05, 0) is 42.7 Å². The Morgan fingerprint density at radius 3 is 2.71 bits per heavy atom. The molecule has 2 heterocycles. The van der Waals surface area contributed by atoms with Crippen LogP contribution in [0, 0.1) is 0 Å². The predicted octanol–water partition coefficient (Wildman–Crippen LogP) is 6.13. The van der Waals surface area contributed by atoms with E-state index in [4.69, 9.17) is 23.2 Å². The third-order valence-electron chi connectivity index (χ3n) is 5.45. The van der Waals surface area contributed by atoms with Crippen molar-refractivity contribution in [1.82, 2.24) is 15.2 Å². The molecule has 0 radical (unpaired) electrons. The van der Waals surface area contributed by atoms with Gasteiger partial charge < -0.3 is 15.5 Å². The van der Waals surface area contributed by atoms with Crippen molar-refractivity contribution < 1.29 is 22.8 Å². The van der Waals surface area contributed by atoms with E-state index in [2.05, 4.69) is 15.6 Å². The first kappa shape index (κ1) is 25.3. The van der Waals surface area contributed by atoms with E-state index < -0.39 is 29.6 Å². The lowest BCUT2D eigenvalue weighted by molar-refractivity contribution is -0.137. The van der Waals surface area contributed by atoms with Gasteiger partial charge in [0.2, 0.25) is 5.91 Å². The van der Waals surface area contributed by atoms with E-state index in [0.717, 1.165) is 12.1 Å². The third-order valence-corrected chi connectivity index (χ3v) is 7.03. The first-order valence-corrected chi connectivity index (χ1v) is 12.2. The van der Waals surface area contributed by atoms with Crippen LogP contribution in [0.25, 0.3) is 0 Å². The van der Waals surface area contributed by atoms with Crippen LogP contribution in [0.1, 0.15) is 34.5 Å². The molecule has 0 spiro atoms. The van der Waals surface area contributed by atoms with Gasteiger partial charge in [-0.25, -0.2) is 4.98 Å². The summed E-state index contributed by atoms with van der Waals surface area (Å²) in [5, 5.41) is 8.39. The van der Waals surface area contributed by atoms with Gasteiger partial charge >= 0.3 is 6.18 Å². The molecule has 1 fully saturated rings. The van der Waals surface area contributed by atoms with Crippen LogP contribution in [0.3, 0.4) is 0 Å². The van der Waals surface area contributed by atoms with Gasteiger partial charge in [-0.15, -0.1) is 11.3 Å². The maximum atomic E-state index is 13.1. The van der Waals surface area contributed by atoms with Gasteiger partial charge in [0.1, 0.15) is 11.7 Å². The van der Waals surface area contributed by atoms with Crippen LogP contribution >= 0.6 is 34.5 Å². The van der Waals surface area contributed by atoms with Crippen molar-refractivity contribution in [3.05, 3.63) is 74.7 Å². The molecule has 1 aromatic heterocycles. The second kappa shape index (κ2) is 10.4. The van der Waals surface area contributed by atoms with Crippen LogP contribution in [0.2, 0.25) is 10.0 Å². The van der Waals surface area contributed by atoms with Gasteiger partial charge in [0, 0.05) is 18.5 Å². The number of amides is 2. The first-order chi connectivity index (χ1) is 16.6. The first-order valence-electron chi connectivity index (χ1n) is 10.5. The van der Waals surface area contributed by atoms with Crippen LogP contribution in [0.4, 0.5) is 24.0 Å². The molecule has 1 saturated heterocycles. The molecule has 1 atom stereocenters. The van der Waals surface area contributed by atoms with Crippen molar-refractivity contribution in [2.24, 2.45) is 0 Å². The lowest BCUT2D eigenvalue weighted by atomic mass is 10.1. The molecule has 0 saturated carbocycles. The predicted molar refractivity (Wildman–Crippen MR) is 129 cm³/mol. The summed E-state index contributed by atoms with van der Waals surface area (Å²) in [5.41, 5.74) is 0.252. The molecule has 12 heteroatoms. The highest BCUT2D eigenvalue weighted by Crippen LogP contribution is 2.33. The highest BCUT2D eigenvalue weighted by Gasteiger charge is 2.35. The van der Waals surface area contributed by atoms with Gasteiger partial charge in [-0.2, -0.15) is 13.2 Å². The second-order valence-electron chi connectivity index (χ2n) is 7.84. The standard InChI is InChI=1S/C23H19Cl2F3N4O2S/c24-15-6-2-7-16(19(15)25)30-22-31-17(12-35-22)21(34)32-9-3-8-18(32)20(33)29-11-13-4-1-5-14(10-13)23(26,27)28/h1-2,4-7,10,12,18H,3,8-9,11H2,(H,29,33)(H,30,31)/t18-/m0/s1. The fourth-order valence-electron chi connectivity index (χ4n) is 3.74. The minimum absolute atomic E-state index is 0.0769. The fourth-order valence-corrected chi connectivity index (χ4v) is 4.78.